The lowest BCUT2D eigenvalue weighted by atomic mass is 10.1. The molecule has 2 aromatic rings. The number of rotatable bonds is 3. The van der Waals surface area contributed by atoms with Crippen LogP contribution in [0.25, 0.3) is 0 Å². The molecule has 0 N–H and O–H groups in total. The molecule has 18 heavy (non-hydrogen) atoms. The van der Waals surface area contributed by atoms with Crippen LogP contribution in [-0.4, -0.2) is 18.2 Å². The summed E-state index contributed by atoms with van der Waals surface area (Å²) in [5.74, 6) is 0. The molecular formula is C15H15NO2. The Hall–Kier alpha value is -1.71. The Bertz CT molecular complexity index is 490. The molecule has 3 heteroatoms. The highest BCUT2D eigenvalue weighted by Crippen LogP contribution is 2.23. The van der Waals surface area contributed by atoms with Gasteiger partial charge in [0.25, 0.3) is 0 Å². The van der Waals surface area contributed by atoms with Crippen LogP contribution >= 0.6 is 0 Å². The standard InChI is InChI=1S/C15H15NO2/c1-2-8-16-14(3-1)11-12-4-6-13(7-5-12)15-17-9-10-18-15/h1-8,15H,9-11H2. The number of pyridine rings is 1. The van der Waals surface area contributed by atoms with Gasteiger partial charge in [-0.3, -0.25) is 4.98 Å². The van der Waals surface area contributed by atoms with Crippen molar-refractivity contribution in [3.63, 3.8) is 0 Å². The van der Waals surface area contributed by atoms with Gasteiger partial charge in [-0.1, -0.05) is 30.3 Å². The summed E-state index contributed by atoms with van der Waals surface area (Å²) in [7, 11) is 0. The van der Waals surface area contributed by atoms with Crippen molar-refractivity contribution < 1.29 is 9.47 Å². The van der Waals surface area contributed by atoms with Gasteiger partial charge in [0.2, 0.25) is 0 Å². The van der Waals surface area contributed by atoms with Gasteiger partial charge in [-0.15, -0.1) is 0 Å². The molecule has 2 heterocycles. The van der Waals surface area contributed by atoms with Gasteiger partial charge in [0.05, 0.1) is 13.2 Å². The van der Waals surface area contributed by atoms with Crippen LogP contribution in [0.2, 0.25) is 0 Å². The van der Waals surface area contributed by atoms with Crippen LogP contribution in [0.3, 0.4) is 0 Å². The number of aromatic nitrogens is 1. The zero-order chi connectivity index (χ0) is 12.2. The minimum atomic E-state index is -0.186. The molecular weight excluding hydrogens is 226 g/mol. The van der Waals surface area contributed by atoms with E-state index in [2.05, 4.69) is 29.2 Å². The van der Waals surface area contributed by atoms with Crippen molar-refractivity contribution in [2.75, 3.05) is 13.2 Å². The van der Waals surface area contributed by atoms with Crippen molar-refractivity contribution in [1.82, 2.24) is 4.98 Å². The molecule has 1 saturated heterocycles. The van der Waals surface area contributed by atoms with Crippen molar-refractivity contribution >= 4 is 0 Å². The zero-order valence-electron chi connectivity index (χ0n) is 10.1. The van der Waals surface area contributed by atoms with Gasteiger partial charge in [-0.2, -0.15) is 0 Å². The number of hydrogen-bond acceptors (Lipinski definition) is 3. The van der Waals surface area contributed by atoms with Crippen LogP contribution in [0.4, 0.5) is 0 Å². The molecule has 0 atom stereocenters. The molecule has 1 fully saturated rings. The van der Waals surface area contributed by atoms with E-state index in [4.69, 9.17) is 9.47 Å². The summed E-state index contributed by atoms with van der Waals surface area (Å²) in [4.78, 5) is 4.32. The molecule has 0 amide bonds. The Morgan fingerprint density at radius 2 is 1.78 bits per heavy atom. The van der Waals surface area contributed by atoms with Crippen molar-refractivity contribution in [2.45, 2.75) is 12.7 Å². The lowest BCUT2D eigenvalue weighted by Crippen LogP contribution is -1.98. The predicted molar refractivity (Wildman–Crippen MR) is 68.1 cm³/mol. The van der Waals surface area contributed by atoms with E-state index in [0.29, 0.717) is 13.2 Å². The summed E-state index contributed by atoms with van der Waals surface area (Å²) >= 11 is 0. The van der Waals surface area contributed by atoms with Gasteiger partial charge in [0.15, 0.2) is 6.29 Å². The molecule has 3 nitrogen and oxygen atoms in total. The van der Waals surface area contributed by atoms with Crippen LogP contribution in [0, 0.1) is 0 Å². The normalized spacial score (nSPS) is 16.0. The molecule has 1 aliphatic heterocycles. The Balaban J connectivity index is 1.71. The Morgan fingerprint density at radius 3 is 2.44 bits per heavy atom. The second-order valence-corrected chi connectivity index (χ2v) is 4.31. The van der Waals surface area contributed by atoms with E-state index in [0.717, 1.165) is 17.7 Å². The van der Waals surface area contributed by atoms with Gasteiger partial charge in [0, 0.05) is 23.9 Å². The van der Waals surface area contributed by atoms with Crippen LogP contribution in [-0.2, 0) is 15.9 Å². The second kappa shape index (κ2) is 5.29. The van der Waals surface area contributed by atoms with E-state index in [9.17, 15) is 0 Å². The predicted octanol–water partition coefficient (Wildman–Crippen LogP) is 2.72. The highest BCUT2D eigenvalue weighted by Gasteiger charge is 2.17. The van der Waals surface area contributed by atoms with Crippen molar-refractivity contribution in [2.24, 2.45) is 0 Å². The molecule has 92 valence electrons. The summed E-state index contributed by atoms with van der Waals surface area (Å²) < 4.78 is 10.9. The first-order valence-corrected chi connectivity index (χ1v) is 6.14. The Labute approximate surface area is 106 Å². The molecule has 1 aliphatic rings. The van der Waals surface area contributed by atoms with Crippen LogP contribution in [0.5, 0.6) is 0 Å². The summed E-state index contributed by atoms with van der Waals surface area (Å²) in [6, 6.07) is 14.3. The molecule has 0 unspecified atom stereocenters. The number of benzene rings is 1. The second-order valence-electron chi connectivity index (χ2n) is 4.31. The number of nitrogens with zero attached hydrogens (tertiary/aromatic N) is 1. The van der Waals surface area contributed by atoms with E-state index < -0.39 is 0 Å². The molecule has 3 rings (SSSR count). The first-order chi connectivity index (χ1) is 8.92. The van der Waals surface area contributed by atoms with Gasteiger partial charge < -0.3 is 9.47 Å². The Kier molecular flexibility index (Phi) is 3.35. The number of hydrogen-bond donors (Lipinski definition) is 0. The third-order valence-electron chi connectivity index (χ3n) is 2.99. The quantitative estimate of drug-likeness (QED) is 0.828. The molecule has 1 aromatic heterocycles. The van der Waals surface area contributed by atoms with Gasteiger partial charge >= 0.3 is 0 Å². The first-order valence-electron chi connectivity index (χ1n) is 6.14. The fourth-order valence-corrected chi connectivity index (χ4v) is 2.06. The SMILES string of the molecule is c1ccc(Cc2ccc(C3OCCO3)cc2)nc1. The Morgan fingerprint density at radius 1 is 1.00 bits per heavy atom. The average Bonchev–Trinajstić information content (AvgIpc) is 2.95. The smallest absolute Gasteiger partial charge is 0.184 e. The summed E-state index contributed by atoms with van der Waals surface area (Å²) in [6.45, 7) is 1.36. The molecule has 0 spiro atoms. The van der Waals surface area contributed by atoms with E-state index in [1.54, 1.807) is 0 Å². The maximum atomic E-state index is 5.46. The summed E-state index contributed by atoms with van der Waals surface area (Å²) in [5.41, 5.74) is 3.41. The van der Waals surface area contributed by atoms with Crippen LogP contribution < -0.4 is 0 Å². The van der Waals surface area contributed by atoms with Gasteiger partial charge in [0.1, 0.15) is 0 Å². The lowest BCUT2D eigenvalue weighted by molar-refractivity contribution is -0.0441. The average molecular weight is 241 g/mol. The van der Waals surface area contributed by atoms with Crippen LogP contribution in [0.15, 0.2) is 48.7 Å². The summed E-state index contributed by atoms with van der Waals surface area (Å²) in [6.07, 6.45) is 2.49. The fraction of sp³-hybridized carbons (Fsp3) is 0.267. The van der Waals surface area contributed by atoms with Crippen molar-refractivity contribution in [3.8, 4) is 0 Å². The largest absolute Gasteiger partial charge is 0.346 e. The minimum Gasteiger partial charge on any atom is -0.346 e. The number of ether oxygens (including phenoxy) is 2. The molecule has 0 aliphatic carbocycles. The summed E-state index contributed by atoms with van der Waals surface area (Å²) in [5, 5.41) is 0. The van der Waals surface area contributed by atoms with E-state index in [1.807, 2.05) is 24.4 Å². The highest BCUT2D eigenvalue weighted by molar-refractivity contribution is 5.27. The third kappa shape index (κ3) is 2.58. The lowest BCUT2D eigenvalue weighted by Gasteiger charge is -2.09. The van der Waals surface area contributed by atoms with Gasteiger partial charge in [-0.25, -0.2) is 0 Å². The highest BCUT2D eigenvalue weighted by atomic mass is 16.7. The monoisotopic (exact) mass is 241 g/mol. The third-order valence-corrected chi connectivity index (χ3v) is 2.99. The van der Waals surface area contributed by atoms with Crippen LogP contribution in [0.1, 0.15) is 23.1 Å². The maximum Gasteiger partial charge on any atom is 0.184 e. The molecule has 0 saturated carbocycles. The first kappa shape index (κ1) is 11.4. The van der Waals surface area contributed by atoms with Crippen molar-refractivity contribution in [1.29, 1.82) is 0 Å². The minimum absolute atomic E-state index is 0.186. The van der Waals surface area contributed by atoms with E-state index in [1.165, 1.54) is 5.56 Å². The molecule has 1 aromatic carbocycles. The maximum absolute atomic E-state index is 5.46. The van der Waals surface area contributed by atoms with E-state index >= 15 is 0 Å². The molecule has 0 radical (unpaired) electrons. The van der Waals surface area contributed by atoms with Gasteiger partial charge in [-0.05, 0) is 17.7 Å². The topological polar surface area (TPSA) is 31.4 Å². The zero-order valence-corrected chi connectivity index (χ0v) is 10.1. The molecule has 0 bridgehead atoms. The van der Waals surface area contributed by atoms with E-state index in [-0.39, 0.29) is 6.29 Å². The van der Waals surface area contributed by atoms with Crippen molar-refractivity contribution in [3.05, 3.63) is 65.5 Å². The fourth-order valence-electron chi connectivity index (χ4n) is 2.06.